The fourth-order valence-corrected chi connectivity index (χ4v) is 6.86. The molecule has 0 amide bonds. The van der Waals surface area contributed by atoms with Crippen molar-refractivity contribution in [2.24, 2.45) is 0 Å². The minimum Gasteiger partial charge on any atom is -0.494 e. The van der Waals surface area contributed by atoms with Gasteiger partial charge in [-0.15, -0.1) is 34.0 Å². The summed E-state index contributed by atoms with van der Waals surface area (Å²) in [5.41, 5.74) is 3.59. The van der Waals surface area contributed by atoms with Crippen LogP contribution in [0.4, 0.5) is 0 Å². The van der Waals surface area contributed by atoms with Crippen molar-refractivity contribution in [1.82, 2.24) is 15.0 Å². The number of carbonyl (C=O) groups excluding carboxylic acids is 2. The number of esters is 2. The SMILES string of the molecule is CCOc1ccc(-c2nc(C(=O)O)cs2)cc1.CCOc1ccc(-c2nc(C(=O)OC(C)C)cs2)cc1.CCOc1ccc(-c2nc(C(=O)OC)cs2)cc1. The molecule has 0 fully saturated rings. The van der Waals surface area contributed by atoms with Crippen LogP contribution in [0.2, 0.25) is 0 Å². The minimum atomic E-state index is -1.00. The lowest BCUT2D eigenvalue weighted by Gasteiger charge is -2.05. The molecule has 12 nitrogen and oxygen atoms in total. The van der Waals surface area contributed by atoms with E-state index < -0.39 is 11.9 Å². The molecule has 0 bridgehead atoms. The normalized spacial score (nSPS) is 10.3. The maximum absolute atomic E-state index is 11.7. The summed E-state index contributed by atoms with van der Waals surface area (Å²) in [5, 5.41) is 16.0. The molecule has 0 aliphatic heterocycles. The van der Waals surface area contributed by atoms with Gasteiger partial charge in [0.1, 0.15) is 32.3 Å². The van der Waals surface area contributed by atoms with E-state index in [1.54, 1.807) is 10.8 Å². The summed E-state index contributed by atoms with van der Waals surface area (Å²) in [4.78, 5) is 46.3. The first kappa shape index (κ1) is 42.1. The van der Waals surface area contributed by atoms with Gasteiger partial charge in [0.15, 0.2) is 17.1 Å². The van der Waals surface area contributed by atoms with Gasteiger partial charge >= 0.3 is 17.9 Å². The highest BCUT2D eigenvalue weighted by molar-refractivity contribution is 7.14. The second kappa shape index (κ2) is 21.3. The van der Waals surface area contributed by atoms with Crippen LogP contribution in [0.1, 0.15) is 66.1 Å². The van der Waals surface area contributed by atoms with Crippen LogP contribution in [0.5, 0.6) is 17.2 Å². The molecule has 0 unspecified atom stereocenters. The monoisotopic (exact) mass is 803 g/mol. The number of nitrogens with zero attached hydrogens (tertiary/aromatic N) is 3. The fourth-order valence-electron chi connectivity index (χ4n) is 4.46. The third-order valence-electron chi connectivity index (χ3n) is 6.91. The summed E-state index contributed by atoms with van der Waals surface area (Å²) in [7, 11) is 1.35. The highest BCUT2D eigenvalue weighted by Crippen LogP contribution is 2.28. The summed E-state index contributed by atoms with van der Waals surface area (Å²) in [6, 6.07) is 22.7. The first-order valence-electron chi connectivity index (χ1n) is 17.1. The molecule has 6 aromatic rings. The van der Waals surface area contributed by atoms with Crippen molar-refractivity contribution >= 4 is 51.9 Å². The Morgan fingerprint density at radius 1 is 0.564 bits per heavy atom. The number of aromatic carboxylic acids is 1. The standard InChI is InChI=1S/C15H17NO3S.C13H13NO3S.C12H11NO3S/c1-4-18-12-7-5-11(6-8-12)14-16-13(9-20-14)15(17)19-10(2)3;1-3-17-10-6-4-9(5-7-10)12-14-11(8-18-12)13(15)16-2;1-2-16-9-5-3-8(4-6-9)11-13-10(7-17-11)12(14)15/h5-10H,4H2,1-3H3;4-8H,3H2,1-2H3;3-7H,2H2,1H3,(H,14,15). The van der Waals surface area contributed by atoms with E-state index >= 15 is 0 Å². The van der Waals surface area contributed by atoms with Crippen LogP contribution < -0.4 is 14.2 Å². The van der Waals surface area contributed by atoms with E-state index in [-0.39, 0.29) is 17.8 Å². The summed E-state index contributed by atoms with van der Waals surface area (Å²) in [5.74, 6) is 0.653. The molecular weight excluding hydrogens is 763 g/mol. The molecule has 3 heterocycles. The summed E-state index contributed by atoms with van der Waals surface area (Å²) in [6.07, 6.45) is -0.141. The van der Waals surface area contributed by atoms with Crippen LogP contribution in [0, 0.1) is 0 Å². The third-order valence-corrected chi connectivity index (χ3v) is 9.59. The third kappa shape index (κ3) is 12.7. The van der Waals surface area contributed by atoms with Crippen molar-refractivity contribution in [3.05, 3.63) is 106 Å². The summed E-state index contributed by atoms with van der Waals surface area (Å²) >= 11 is 4.15. The number of aromatic nitrogens is 3. The zero-order chi connectivity index (χ0) is 39.7. The van der Waals surface area contributed by atoms with Gasteiger partial charge in [-0.05, 0) is 107 Å². The Labute approximate surface area is 331 Å². The van der Waals surface area contributed by atoms with Crippen LogP contribution >= 0.6 is 34.0 Å². The van der Waals surface area contributed by atoms with Gasteiger partial charge in [0.25, 0.3) is 0 Å². The number of rotatable bonds is 13. The zero-order valence-corrected chi connectivity index (χ0v) is 33.6. The Kier molecular flexibility index (Phi) is 16.3. The molecule has 0 saturated heterocycles. The molecule has 0 atom stereocenters. The maximum Gasteiger partial charge on any atom is 0.358 e. The van der Waals surface area contributed by atoms with E-state index in [2.05, 4.69) is 19.7 Å². The number of ether oxygens (including phenoxy) is 5. The Morgan fingerprint density at radius 2 is 0.891 bits per heavy atom. The van der Waals surface area contributed by atoms with Crippen LogP contribution in [-0.2, 0) is 9.47 Å². The molecule has 3 aromatic carbocycles. The predicted molar refractivity (Wildman–Crippen MR) is 215 cm³/mol. The molecule has 288 valence electrons. The van der Waals surface area contributed by atoms with Crippen molar-refractivity contribution in [1.29, 1.82) is 0 Å². The molecule has 0 spiro atoms. The van der Waals surface area contributed by atoms with E-state index in [1.807, 2.05) is 107 Å². The zero-order valence-electron chi connectivity index (χ0n) is 31.1. The lowest BCUT2D eigenvalue weighted by Crippen LogP contribution is -2.11. The average Bonchev–Trinajstić information content (AvgIpc) is 3.99. The van der Waals surface area contributed by atoms with E-state index in [9.17, 15) is 14.4 Å². The average molecular weight is 804 g/mol. The summed E-state index contributed by atoms with van der Waals surface area (Å²) < 4.78 is 25.8. The van der Waals surface area contributed by atoms with Crippen molar-refractivity contribution in [2.75, 3.05) is 26.9 Å². The van der Waals surface area contributed by atoms with Gasteiger partial charge in [-0.1, -0.05) is 0 Å². The Balaban J connectivity index is 0.000000184. The smallest absolute Gasteiger partial charge is 0.358 e. The van der Waals surface area contributed by atoms with Gasteiger partial charge in [-0.2, -0.15) is 0 Å². The highest BCUT2D eigenvalue weighted by atomic mass is 32.1. The van der Waals surface area contributed by atoms with Gasteiger partial charge in [-0.25, -0.2) is 29.3 Å². The molecule has 0 aliphatic rings. The van der Waals surface area contributed by atoms with Crippen LogP contribution in [0.3, 0.4) is 0 Å². The van der Waals surface area contributed by atoms with E-state index in [1.165, 1.54) is 46.5 Å². The van der Waals surface area contributed by atoms with Crippen molar-refractivity contribution in [3.8, 4) is 49.0 Å². The molecule has 15 heteroatoms. The Bertz CT molecular complexity index is 2110. The topological polar surface area (TPSA) is 156 Å². The quantitative estimate of drug-likeness (QED) is 0.110. The number of hydrogen-bond donors (Lipinski definition) is 1. The van der Waals surface area contributed by atoms with Gasteiger partial charge in [0, 0.05) is 32.8 Å². The van der Waals surface area contributed by atoms with E-state index in [0.29, 0.717) is 36.2 Å². The molecule has 0 saturated carbocycles. The first-order chi connectivity index (χ1) is 26.5. The highest BCUT2D eigenvalue weighted by Gasteiger charge is 2.15. The minimum absolute atomic E-state index is 0.0823. The van der Waals surface area contributed by atoms with Gasteiger partial charge in [-0.3, -0.25) is 0 Å². The van der Waals surface area contributed by atoms with E-state index in [0.717, 1.165) is 44.0 Å². The van der Waals surface area contributed by atoms with Crippen molar-refractivity contribution in [3.63, 3.8) is 0 Å². The first-order valence-corrected chi connectivity index (χ1v) is 19.8. The summed E-state index contributed by atoms with van der Waals surface area (Å²) in [6.45, 7) is 11.4. The number of carbonyl (C=O) groups is 3. The number of benzene rings is 3. The van der Waals surface area contributed by atoms with Gasteiger partial charge in [0.05, 0.1) is 33.0 Å². The van der Waals surface area contributed by atoms with Crippen molar-refractivity contribution < 1.29 is 43.2 Å². The second-order valence-electron chi connectivity index (χ2n) is 11.2. The molecule has 0 radical (unpaired) electrons. The largest absolute Gasteiger partial charge is 0.494 e. The van der Waals surface area contributed by atoms with E-state index in [4.69, 9.17) is 24.1 Å². The molecule has 55 heavy (non-hydrogen) atoms. The van der Waals surface area contributed by atoms with Crippen LogP contribution in [0.15, 0.2) is 88.9 Å². The maximum atomic E-state index is 11.7. The van der Waals surface area contributed by atoms with Crippen LogP contribution in [-0.4, -0.2) is 71.0 Å². The van der Waals surface area contributed by atoms with Crippen LogP contribution in [0.25, 0.3) is 31.7 Å². The number of carboxylic acid groups (broad SMARTS) is 1. The predicted octanol–water partition coefficient (Wildman–Crippen LogP) is 9.68. The molecular formula is C40H41N3O9S3. The number of hydrogen-bond acceptors (Lipinski definition) is 14. The van der Waals surface area contributed by atoms with Gasteiger partial charge < -0.3 is 28.8 Å². The molecule has 6 rings (SSSR count). The van der Waals surface area contributed by atoms with Crippen molar-refractivity contribution in [2.45, 2.75) is 40.7 Å². The van der Waals surface area contributed by atoms with Gasteiger partial charge in [0.2, 0.25) is 0 Å². The molecule has 1 N–H and O–H groups in total. The Morgan fingerprint density at radius 3 is 1.18 bits per heavy atom. The molecule has 3 aromatic heterocycles. The second-order valence-corrected chi connectivity index (χ2v) is 13.8. The Hall–Kier alpha value is -5.64. The number of thiazole rings is 3. The lowest BCUT2D eigenvalue weighted by molar-refractivity contribution is 0.0371. The molecule has 0 aliphatic carbocycles. The lowest BCUT2D eigenvalue weighted by atomic mass is 10.2. The fraction of sp³-hybridized carbons (Fsp3) is 0.250. The number of carboxylic acids is 1. The number of methoxy groups -OCH3 is 1.